The van der Waals surface area contributed by atoms with Crippen LogP contribution in [0, 0.1) is 6.92 Å². The minimum atomic E-state index is -3.60. The second-order valence-electron chi connectivity index (χ2n) is 5.81. The van der Waals surface area contributed by atoms with Crippen molar-refractivity contribution in [2.75, 3.05) is 18.0 Å². The van der Waals surface area contributed by atoms with Gasteiger partial charge in [0, 0.05) is 24.3 Å². The van der Waals surface area contributed by atoms with Crippen LogP contribution in [0.5, 0.6) is 0 Å². The van der Waals surface area contributed by atoms with Gasteiger partial charge in [-0.15, -0.1) is 0 Å². The van der Waals surface area contributed by atoms with E-state index in [-0.39, 0.29) is 10.8 Å². The van der Waals surface area contributed by atoms with Gasteiger partial charge in [-0.1, -0.05) is 25.1 Å². The van der Waals surface area contributed by atoms with Crippen molar-refractivity contribution < 1.29 is 13.2 Å². The molecule has 0 aliphatic heterocycles. The fraction of sp³-hybridized carbons (Fsp3) is 0.316. The molecule has 2 rings (SSSR count). The molecule has 0 saturated carbocycles. The number of hydrogen-bond acceptors (Lipinski definition) is 3. The van der Waals surface area contributed by atoms with Crippen molar-refractivity contribution >= 4 is 21.6 Å². The van der Waals surface area contributed by atoms with Crippen LogP contribution in [0.3, 0.4) is 0 Å². The van der Waals surface area contributed by atoms with Gasteiger partial charge in [0.05, 0.1) is 4.90 Å². The fourth-order valence-electron chi connectivity index (χ4n) is 2.51. The lowest BCUT2D eigenvalue weighted by atomic mass is 10.1. The zero-order valence-electron chi connectivity index (χ0n) is 14.8. The number of amides is 1. The first kappa shape index (κ1) is 19.1. The van der Waals surface area contributed by atoms with Gasteiger partial charge in [0.25, 0.3) is 5.91 Å². The molecule has 0 spiro atoms. The molecule has 0 unspecified atom stereocenters. The van der Waals surface area contributed by atoms with Gasteiger partial charge < -0.3 is 4.90 Å². The van der Waals surface area contributed by atoms with Crippen LogP contribution in [0.15, 0.2) is 53.4 Å². The molecule has 2 aromatic carbocycles. The third-order valence-corrected chi connectivity index (χ3v) is 5.27. The van der Waals surface area contributed by atoms with Crippen molar-refractivity contribution in [1.29, 1.82) is 0 Å². The Kier molecular flexibility index (Phi) is 6.33. The fourth-order valence-corrected chi connectivity index (χ4v) is 3.69. The lowest BCUT2D eigenvalue weighted by Gasteiger charge is -2.22. The minimum Gasteiger partial charge on any atom is -0.309 e. The zero-order valence-corrected chi connectivity index (χ0v) is 15.6. The Balaban J connectivity index is 2.34. The Morgan fingerprint density at radius 3 is 2.44 bits per heavy atom. The predicted octanol–water partition coefficient (Wildman–Crippen LogP) is 3.35. The summed E-state index contributed by atoms with van der Waals surface area (Å²) >= 11 is 0. The molecule has 0 aromatic heterocycles. The van der Waals surface area contributed by atoms with Crippen molar-refractivity contribution in [1.82, 2.24) is 4.72 Å². The van der Waals surface area contributed by atoms with E-state index >= 15 is 0 Å². The van der Waals surface area contributed by atoms with Crippen LogP contribution in [0.4, 0.5) is 5.69 Å². The first-order valence-electron chi connectivity index (χ1n) is 8.37. The van der Waals surface area contributed by atoms with E-state index in [9.17, 15) is 13.2 Å². The van der Waals surface area contributed by atoms with E-state index in [4.69, 9.17) is 0 Å². The van der Waals surface area contributed by atoms with Crippen LogP contribution in [0.2, 0.25) is 0 Å². The molecular formula is C19H24N2O3S. The molecule has 5 nitrogen and oxygen atoms in total. The summed E-state index contributed by atoms with van der Waals surface area (Å²) in [5.74, 6) is -0.222. The molecule has 6 heteroatoms. The predicted molar refractivity (Wildman–Crippen MR) is 100 cm³/mol. The summed E-state index contributed by atoms with van der Waals surface area (Å²) in [5, 5.41) is 0. The van der Waals surface area contributed by atoms with Gasteiger partial charge in [-0.25, -0.2) is 13.1 Å². The number of benzene rings is 2. The quantitative estimate of drug-likeness (QED) is 0.823. The molecule has 0 fully saturated rings. The summed E-state index contributed by atoms with van der Waals surface area (Å²) in [5.41, 5.74) is 2.21. The lowest BCUT2D eigenvalue weighted by Crippen LogP contribution is -2.31. The number of anilines is 1. The van der Waals surface area contributed by atoms with Gasteiger partial charge in [0.1, 0.15) is 0 Å². The van der Waals surface area contributed by atoms with Gasteiger partial charge in [0.15, 0.2) is 0 Å². The van der Waals surface area contributed by atoms with Gasteiger partial charge in [0.2, 0.25) is 10.0 Å². The normalized spacial score (nSPS) is 11.3. The highest BCUT2D eigenvalue weighted by Gasteiger charge is 2.19. The Labute approximate surface area is 149 Å². The van der Waals surface area contributed by atoms with Crippen LogP contribution < -0.4 is 9.62 Å². The molecule has 1 N–H and O–H groups in total. The van der Waals surface area contributed by atoms with E-state index in [1.165, 1.54) is 12.1 Å². The standard InChI is InChI=1S/C19H24N2O3S/c1-4-12-20-25(23,24)18-11-7-9-16(14-18)19(22)21(5-2)17-10-6-8-15(3)13-17/h6-11,13-14,20H,4-5,12H2,1-3H3. The number of carbonyl (C=O) groups is 1. The van der Waals surface area contributed by atoms with Gasteiger partial charge in [-0.05, 0) is 56.2 Å². The maximum Gasteiger partial charge on any atom is 0.258 e. The molecule has 2 aromatic rings. The van der Waals surface area contributed by atoms with E-state index in [1.807, 2.05) is 45.0 Å². The maximum atomic E-state index is 12.9. The van der Waals surface area contributed by atoms with Gasteiger partial charge in [-0.2, -0.15) is 0 Å². The minimum absolute atomic E-state index is 0.104. The van der Waals surface area contributed by atoms with E-state index in [0.717, 1.165) is 11.3 Å². The number of rotatable bonds is 7. The SMILES string of the molecule is CCCNS(=O)(=O)c1cccc(C(=O)N(CC)c2cccc(C)c2)c1. The Morgan fingerprint density at radius 2 is 1.80 bits per heavy atom. The number of carbonyl (C=O) groups excluding carboxylic acids is 1. The molecule has 0 radical (unpaired) electrons. The van der Waals surface area contributed by atoms with E-state index in [2.05, 4.69) is 4.72 Å². The van der Waals surface area contributed by atoms with Crippen molar-refractivity contribution in [2.45, 2.75) is 32.1 Å². The average molecular weight is 360 g/mol. The van der Waals surface area contributed by atoms with Crippen molar-refractivity contribution in [3.05, 3.63) is 59.7 Å². The van der Waals surface area contributed by atoms with Crippen LogP contribution in [-0.2, 0) is 10.0 Å². The Morgan fingerprint density at radius 1 is 1.08 bits per heavy atom. The highest BCUT2D eigenvalue weighted by Crippen LogP contribution is 2.20. The Bertz CT molecular complexity index is 847. The summed E-state index contributed by atoms with van der Waals surface area (Å²) in [6.45, 7) is 6.61. The first-order chi connectivity index (χ1) is 11.9. The number of nitrogens with zero attached hydrogens (tertiary/aromatic N) is 1. The molecule has 0 atom stereocenters. The van der Waals surface area contributed by atoms with Crippen molar-refractivity contribution in [2.24, 2.45) is 0 Å². The van der Waals surface area contributed by atoms with Crippen LogP contribution >= 0.6 is 0 Å². The molecule has 0 saturated heterocycles. The van der Waals surface area contributed by atoms with E-state index in [0.29, 0.717) is 25.1 Å². The number of sulfonamides is 1. The monoisotopic (exact) mass is 360 g/mol. The largest absolute Gasteiger partial charge is 0.309 e. The molecule has 25 heavy (non-hydrogen) atoms. The topological polar surface area (TPSA) is 66.5 Å². The zero-order chi connectivity index (χ0) is 18.4. The number of hydrogen-bond donors (Lipinski definition) is 1. The second-order valence-corrected chi connectivity index (χ2v) is 7.58. The molecule has 0 heterocycles. The van der Waals surface area contributed by atoms with Crippen LogP contribution in [0.25, 0.3) is 0 Å². The van der Waals surface area contributed by atoms with E-state index < -0.39 is 10.0 Å². The van der Waals surface area contributed by atoms with E-state index in [1.54, 1.807) is 17.0 Å². The second kappa shape index (κ2) is 8.27. The van der Waals surface area contributed by atoms with Crippen molar-refractivity contribution in [3.8, 4) is 0 Å². The summed E-state index contributed by atoms with van der Waals surface area (Å²) < 4.78 is 27.1. The summed E-state index contributed by atoms with van der Waals surface area (Å²) in [7, 11) is -3.60. The summed E-state index contributed by atoms with van der Waals surface area (Å²) in [6, 6.07) is 13.8. The van der Waals surface area contributed by atoms with Crippen LogP contribution in [-0.4, -0.2) is 27.4 Å². The molecule has 134 valence electrons. The number of aryl methyl sites for hydroxylation is 1. The van der Waals surface area contributed by atoms with Crippen LogP contribution in [0.1, 0.15) is 36.2 Å². The highest BCUT2D eigenvalue weighted by atomic mass is 32.2. The Hall–Kier alpha value is -2.18. The molecule has 1 amide bonds. The maximum absolute atomic E-state index is 12.9. The highest BCUT2D eigenvalue weighted by molar-refractivity contribution is 7.89. The molecule has 0 aliphatic carbocycles. The van der Waals surface area contributed by atoms with Crippen molar-refractivity contribution in [3.63, 3.8) is 0 Å². The lowest BCUT2D eigenvalue weighted by molar-refractivity contribution is 0.0988. The molecule has 0 aliphatic rings. The average Bonchev–Trinajstić information content (AvgIpc) is 2.61. The smallest absolute Gasteiger partial charge is 0.258 e. The molecular weight excluding hydrogens is 336 g/mol. The number of nitrogens with one attached hydrogen (secondary N) is 1. The third-order valence-electron chi connectivity index (χ3n) is 3.81. The summed E-state index contributed by atoms with van der Waals surface area (Å²) in [6.07, 6.45) is 0.703. The summed E-state index contributed by atoms with van der Waals surface area (Å²) in [4.78, 5) is 14.6. The van der Waals surface area contributed by atoms with Gasteiger partial charge in [-0.3, -0.25) is 4.79 Å². The van der Waals surface area contributed by atoms with Gasteiger partial charge >= 0.3 is 0 Å². The third kappa shape index (κ3) is 4.67. The first-order valence-corrected chi connectivity index (χ1v) is 9.85. The molecule has 0 bridgehead atoms.